The van der Waals surface area contributed by atoms with Gasteiger partial charge in [0.1, 0.15) is 0 Å². The van der Waals surface area contributed by atoms with E-state index in [0.29, 0.717) is 0 Å². The Morgan fingerprint density at radius 3 is 2.70 bits per heavy atom. The van der Waals surface area contributed by atoms with Gasteiger partial charge in [-0.1, -0.05) is 43.3 Å². The van der Waals surface area contributed by atoms with Crippen molar-refractivity contribution in [2.75, 3.05) is 6.54 Å². The second-order valence-electron chi connectivity index (χ2n) is 5.06. The molecule has 2 heteroatoms. The maximum absolute atomic E-state index is 5.28. The van der Waals surface area contributed by atoms with Gasteiger partial charge < -0.3 is 9.73 Å². The molecule has 2 nitrogen and oxygen atoms in total. The average molecular weight is 265 g/mol. The van der Waals surface area contributed by atoms with E-state index in [1.54, 1.807) is 6.26 Å². The molecule has 1 atom stereocenters. The Hall–Kier alpha value is -2.06. The maximum atomic E-state index is 5.28. The van der Waals surface area contributed by atoms with Crippen molar-refractivity contribution in [3.63, 3.8) is 0 Å². The minimum absolute atomic E-state index is 0.171. The highest BCUT2D eigenvalue weighted by molar-refractivity contribution is 5.87. The van der Waals surface area contributed by atoms with E-state index >= 15 is 0 Å². The molecule has 0 spiro atoms. The molecule has 0 aliphatic rings. The van der Waals surface area contributed by atoms with Crippen molar-refractivity contribution in [3.8, 4) is 0 Å². The van der Waals surface area contributed by atoms with E-state index in [9.17, 15) is 0 Å². The summed E-state index contributed by atoms with van der Waals surface area (Å²) in [5.74, 6) is 0. The second kappa shape index (κ2) is 5.51. The van der Waals surface area contributed by atoms with E-state index in [4.69, 9.17) is 4.42 Å². The first-order chi connectivity index (χ1) is 9.81. The van der Waals surface area contributed by atoms with Gasteiger partial charge in [-0.05, 0) is 41.4 Å². The summed E-state index contributed by atoms with van der Waals surface area (Å²) < 4.78 is 5.28. The van der Waals surface area contributed by atoms with E-state index in [1.807, 2.05) is 12.3 Å². The molecule has 0 bridgehead atoms. The van der Waals surface area contributed by atoms with Crippen LogP contribution in [0.25, 0.3) is 10.8 Å². The molecule has 1 aromatic heterocycles. The number of fused-ring (bicyclic) bond motifs is 1. The molecule has 0 amide bonds. The van der Waals surface area contributed by atoms with Crippen LogP contribution in [0.2, 0.25) is 0 Å². The molecule has 0 radical (unpaired) electrons. The molecular weight excluding hydrogens is 246 g/mol. The standard InChI is InChI=1S/C18H19NO/c1-3-19-18(15-10-11-20-12-15)17-13(2)8-9-14-6-4-5-7-16(14)17/h4-12,18-19H,3H2,1-2H3. The van der Waals surface area contributed by atoms with Crippen LogP contribution in [0, 0.1) is 6.92 Å². The van der Waals surface area contributed by atoms with Crippen LogP contribution < -0.4 is 5.32 Å². The number of nitrogens with one attached hydrogen (secondary N) is 1. The summed E-state index contributed by atoms with van der Waals surface area (Å²) in [6.07, 6.45) is 3.56. The van der Waals surface area contributed by atoms with Crippen LogP contribution in [0.1, 0.15) is 29.7 Å². The lowest BCUT2D eigenvalue weighted by Gasteiger charge is -2.21. The monoisotopic (exact) mass is 265 g/mol. The number of hydrogen-bond acceptors (Lipinski definition) is 2. The van der Waals surface area contributed by atoms with Gasteiger partial charge in [0.25, 0.3) is 0 Å². The van der Waals surface area contributed by atoms with Crippen molar-refractivity contribution in [3.05, 3.63) is 71.7 Å². The van der Waals surface area contributed by atoms with E-state index in [1.165, 1.54) is 27.5 Å². The molecule has 0 aliphatic heterocycles. The minimum atomic E-state index is 0.171. The van der Waals surface area contributed by atoms with E-state index in [2.05, 4.69) is 55.6 Å². The Morgan fingerprint density at radius 1 is 1.10 bits per heavy atom. The zero-order valence-electron chi connectivity index (χ0n) is 11.9. The molecule has 2 aromatic carbocycles. The van der Waals surface area contributed by atoms with Crippen molar-refractivity contribution in [1.29, 1.82) is 0 Å². The summed E-state index contributed by atoms with van der Waals surface area (Å²) in [5, 5.41) is 6.16. The molecule has 1 N–H and O–H groups in total. The predicted molar refractivity (Wildman–Crippen MR) is 82.9 cm³/mol. The Bertz CT molecular complexity index is 701. The Morgan fingerprint density at radius 2 is 1.95 bits per heavy atom. The first kappa shape index (κ1) is 12.9. The molecule has 1 heterocycles. The molecule has 0 fully saturated rings. The fourth-order valence-corrected chi connectivity index (χ4v) is 2.82. The smallest absolute Gasteiger partial charge is 0.0953 e. The lowest BCUT2D eigenvalue weighted by Crippen LogP contribution is -2.22. The van der Waals surface area contributed by atoms with E-state index < -0.39 is 0 Å². The summed E-state index contributed by atoms with van der Waals surface area (Å²) in [4.78, 5) is 0. The molecular formula is C18H19NO. The molecule has 0 saturated carbocycles. The third-order valence-corrected chi connectivity index (χ3v) is 3.76. The van der Waals surface area contributed by atoms with Crippen molar-refractivity contribution in [1.82, 2.24) is 5.32 Å². The topological polar surface area (TPSA) is 25.2 Å². The van der Waals surface area contributed by atoms with Gasteiger partial charge in [-0.25, -0.2) is 0 Å². The second-order valence-corrected chi connectivity index (χ2v) is 5.06. The molecule has 102 valence electrons. The van der Waals surface area contributed by atoms with Crippen LogP contribution >= 0.6 is 0 Å². The Labute approximate surface area is 119 Å². The van der Waals surface area contributed by atoms with Gasteiger partial charge in [0.15, 0.2) is 0 Å². The zero-order valence-corrected chi connectivity index (χ0v) is 11.9. The summed E-state index contributed by atoms with van der Waals surface area (Å²) in [7, 11) is 0. The highest BCUT2D eigenvalue weighted by atomic mass is 16.3. The molecule has 0 saturated heterocycles. The van der Waals surface area contributed by atoms with Gasteiger partial charge in [-0.2, -0.15) is 0 Å². The first-order valence-corrected chi connectivity index (χ1v) is 7.05. The summed E-state index contributed by atoms with van der Waals surface area (Å²) in [5.41, 5.74) is 3.81. The van der Waals surface area contributed by atoms with Crippen LogP contribution in [0.3, 0.4) is 0 Å². The van der Waals surface area contributed by atoms with Crippen molar-refractivity contribution < 1.29 is 4.42 Å². The van der Waals surface area contributed by atoms with Gasteiger partial charge in [-0.3, -0.25) is 0 Å². The van der Waals surface area contributed by atoms with Gasteiger partial charge in [0.2, 0.25) is 0 Å². The molecule has 20 heavy (non-hydrogen) atoms. The van der Waals surface area contributed by atoms with Crippen LogP contribution in [0.4, 0.5) is 0 Å². The minimum Gasteiger partial charge on any atom is -0.472 e. The van der Waals surface area contributed by atoms with Crippen LogP contribution in [-0.4, -0.2) is 6.54 Å². The first-order valence-electron chi connectivity index (χ1n) is 7.05. The molecule has 3 rings (SSSR count). The number of furan rings is 1. The molecule has 0 aliphatic carbocycles. The Balaban J connectivity index is 2.22. The van der Waals surface area contributed by atoms with Crippen molar-refractivity contribution >= 4 is 10.8 Å². The third-order valence-electron chi connectivity index (χ3n) is 3.76. The quantitative estimate of drug-likeness (QED) is 0.754. The lowest BCUT2D eigenvalue weighted by atomic mass is 9.91. The largest absolute Gasteiger partial charge is 0.472 e. The number of benzene rings is 2. The van der Waals surface area contributed by atoms with Gasteiger partial charge in [0, 0.05) is 5.56 Å². The van der Waals surface area contributed by atoms with E-state index in [-0.39, 0.29) is 6.04 Å². The summed E-state index contributed by atoms with van der Waals surface area (Å²) in [6.45, 7) is 5.22. The molecule has 3 aromatic rings. The van der Waals surface area contributed by atoms with Gasteiger partial charge >= 0.3 is 0 Å². The average Bonchev–Trinajstić information content (AvgIpc) is 2.99. The van der Waals surface area contributed by atoms with Crippen LogP contribution in [-0.2, 0) is 0 Å². The van der Waals surface area contributed by atoms with Crippen molar-refractivity contribution in [2.24, 2.45) is 0 Å². The highest BCUT2D eigenvalue weighted by Crippen LogP contribution is 2.31. The number of rotatable bonds is 4. The number of aryl methyl sites for hydroxylation is 1. The Kier molecular flexibility index (Phi) is 3.57. The fourth-order valence-electron chi connectivity index (χ4n) is 2.82. The predicted octanol–water partition coefficient (Wildman–Crippen LogP) is 4.44. The lowest BCUT2D eigenvalue weighted by molar-refractivity contribution is 0.553. The fraction of sp³-hybridized carbons (Fsp3) is 0.222. The highest BCUT2D eigenvalue weighted by Gasteiger charge is 2.18. The van der Waals surface area contributed by atoms with Crippen LogP contribution in [0.15, 0.2) is 59.4 Å². The summed E-state index contributed by atoms with van der Waals surface area (Å²) in [6, 6.07) is 15.1. The molecule has 1 unspecified atom stereocenters. The van der Waals surface area contributed by atoms with Crippen molar-refractivity contribution in [2.45, 2.75) is 19.9 Å². The SMILES string of the molecule is CCNC(c1ccoc1)c1c(C)ccc2ccccc12. The summed E-state index contributed by atoms with van der Waals surface area (Å²) >= 11 is 0. The third kappa shape index (κ3) is 2.23. The van der Waals surface area contributed by atoms with E-state index in [0.717, 1.165) is 6.54 Å². The van der Waals surface area contributed by atoms with Gasteiger partial charge in [0.05, 0.1) is 18.6 Å². The maximum Gasteiger partial charge on any atom is 0.0953 e. The van der Waals surface area contributed by atoms with Gasteiger partial charge in [-0.15, -0.1) is 0 Å². The number of hydrogen-bond donors (Lipinski definition) is 1. The zero-order chi connectivity index (χ0) is 13.9. The normalized spacial score (nSPS) is 12.7. The van der Waals surface area contributed by atoms with Crippen LogP contribution in [0.5, 0.6) is 0 Å².